The second-order valence-corrected chi connectivity index (χ2v) is 4.65. The van der Waals surface area contributed by atoms with Gasteiger partial charge in [-0.25, -0.2) is 0 Å². The Kier molecular flexibility index (Phi) is 7.94. The molecule has 1 aliphatic rings. The molecule has 0 aromatic rings. The molecule has 1 saturated heterocycles. The smallest absolute Gasteiger partial charge is 0.0970 e. The van der Waals surface area contributed by atoms with E-state index in [9.17, 15) is 0 Å². The molecule has 0 aliphatic carbocycles. The third kappa shape index (κ3) is 6.91. The van der Waals surface area contributed by atoms with E-state index in [-0.39, 0.29) is 0 Å². The lowest BCUT2D eigenvalue weighted by Crippen LogP contribution is -2.13. The zero-order valence-corrected chi connectivity index (χ0v) is 10.3. The molecule has 0 amide bonds. The van der Waals surface area contributed by atoms with Crippen LogP contribution in [-0.4, -0.2) is 19.4 Å². The fourth-order valence-electron chi connectivity index (χ4n) is 2.15. The molecule has 1 atom stereocenters. The number of nitrogens with one attached hydrogen (secondary N) is 1. The Hall–Kier alpha value is -0.0800. The van der Waals surface area contributed by atoms with Crippen LogP contribution in [0.4, 0.5) is 0 Å². The molecule has 0 spiro atoms. The van der Waals surface area contributed by atoms with E-state index in [0.717, 1.165) is 13.3 Å². The van der Waals surface area contributed by atoms with Crippen LogP contribution in [0, 0.1) is 0 Å². The minimum Gasteiger partial charge on any atom is -0.362 e. The van der Waals surface area contributed by atoms with Crippen LogP contribution in [0.2, 0.25) is 0 Å². The van der Waals surface area contributed by atoms with Crippen molar-refractivity contribution < 1.29 is 4.74 Å². The highest BCUT2D eigenvalue weighted by molar-refractivity contribution is 4.65. The summed E-state index contributed by atoms with van der Waals surface area (Å²) in [5.41, 5.74) is 0. The van der Waals surface area contributed by atoms with Crippen molar-refractivity contribution in [2.24, 2.45) is 0 Å². The van der Waals surface area contributed by atoms with Crippen molar-refractivity contribution in [3.05, 3.63) is 0 Å². The van der Waals surface area contributed by atoms with E-state index in [1.807, 2.05) is 0 Å². The molecule has 1 unspecified atom stereocenters. The molecule has 1 N–H and O–H groups in total. The molecule has 0 saturated carbocycles. The van der Waals surface area contributed by atoms with Gasteiger partial charge in [0.2, 0.25) is 0 Å². The summed E-state index contributed by atoms with van der Waals surface area (Å²) in [6, 6.07) is 0. The SMILES string of the molecule is CCCCCCCCCCC1CNCO1. The average molecular weight is 213 g/mol. The van der Waals surface area contributed by atoms with Crippen molar-refractivity contribution in [2.45, 2.75) is 70.8 Å². The summed E-state index contributed by atoms with van der Waals surface area (Å²) in [4.78, 5) is 0. The quantitative estimate of drug-likeness (QED) is 0.592. The summed E-state index contributed by atoms with van der Waals surface area (Å²) >= 11 is 0. The topological polar surface area (TPSA) is 21.3 Å². The second kappa shape index (κ2) is 9.17. The van der Waals surface area contributed by atoms with Crippen molar-refractivity contribution in [1.82, 2.24) is 5.32 Å². The highest BCUT2D eigenvalue weighted by Gasteiger charge is 2.13. The van der Waals surface area contributed by atoms with Crippen LogP contribution in [0.25, 0.3) is 0 Å². The van der Waals surface area contributed by atoms with Crippen LogP contribution < -0.4 is 5.32 Å². The maximum Gasteiger partial charge on any atom is 0.0970 e. The van der Waals surface area contributed by atoms with Crippen molar-refractivity contribution in [1.29, 1.82) is 0 Å². The number of rotatable bonds is 9. The number of hydrogen-bond acceptors (Lipinski definition) is 2. The van der Waals surface area contributed by atoms with Gasteiger partial charge in [0.15, 0.2) is 0 Å². The molecular formula is C13H27NO. The van der Waals surface area contributed by atoms with Gasteiger partial charge >= 0.3 is 0 Å². The first-order chi connectivity index (χ1) is 7.43. The van der Waals surface area contributed by atoms with E-state index in [0.29, 0.717) is 6.10 Å². The summed E-state index contributed by atoms with van der Waals surface area (Å²) in [7, 11) is 0. The predicted octanol–water partition coefficient (Wildman–Crippen LogP) is 3.46. The van der Waals surface area contributed by atoms with E-state index in [1.54, 1.807) is 0 Å². The van der Waals surface area contributed by atoms with Crippen molar-refractivity contribution in [3.63, 3.8) is 0 Å². The largest absolute Gasteiger partial charge is 0.362 e. The van der Waals surface area contributed by atoms with Crippen molar-refractivity contribution in [3.8, 4) is 0 Å². The fourth-order valence-corrected chi connectivity index (χ4v) is 2.15. The van der Waals surface area contributed by atoms with Gasteiger partial charge in [-0.2, -0.15) is 0 Å². The molecule has 0 aromatic heterocycles. The van der Waals surface area contributed by atoms with Gasteiger partial charge in [0.1, 0.15) is 0 Å². The van der Waals surface area contributed by atoms with Gasteiger partial charge in [-0.1, -0.05) is 58.3 Å². The molecule has 15 heavy (non-hydrogen) atoms. The standard InChI is InChI=1S/C13H27NO/c1-2-3-4-5-6-7-8-9-10-13-11-14-12-15-13/h13-14H,2-12H2,1H3. The molecule has 2 heteroatoms. The Morgan fingerprint density at radius 3 is 2.27 bits per heavy atom. The molecule has 0 radical (unpaired) electrons. The lowest BCUT2D eigenvalue weighted by Gasteiger charge is -2.07. The van der Waals surface area contributed by atoms with Gasteiger partial charge in [-0.15, -0.1) is 0 Å². The molecule has 1 heterocycles. The van der Waals surface area contributed by atoms with E-state index in [2.05, 4.69) is 12.2 Å². The Morgan fingerprint density at radius 1 is 1.00 bits per heavy atom. The van der Waals surface area contributed by atoms with Crippen LogP contribution in [0.3, 0.4) is 0 Å². The molecule has 2 nitrogen and oxygen atoms in total. The predicted molar refractivity (Wildman–Crippen MR) is 65.0 cm³/mol. The lowest BCUT2D eigenvalue weighted by atomic mass is 10.1. The molecule has 0 bridgehead atoms. The molecular weight excluding hydrogens is 186 g/mol. The molecule has 1 rings (SSSR count). The summed E-state index contributed by atoms with van der Waals surface area (Å²) in [6.45, 7) is 4.10. The minimum absolute atomic E-state index is 0.505. The fraction of sp³-hybridized carbons (Fsp3) is 1.00. The summed E-state index contributed by atoms with van der Waals surface area (Å²) < 4.78 is 5.50. The van der Waals surface area contributed by atoms with Crippen LogP contribution in [0.5, 0.6) is 0 Å². The third-order valence-corrected chi connectivity index (χ3v) is 3.17. The molecule has 0 aromatic carbocycles. The van der Waals surface area contributed by atoms with Gasteiger partial charge < -0.3 is 4.74 Å². The first-order valence-corrected chi connectivity index (χ1v) is 6.76. The van der Waals surface area contributed by atoms with E-state index in [4.69, 9.17) is 4.74 Å². The van der Waals surface area contributed by atoms with Crippen LogP contribution in [-0.2, 0) is 4.74 Å². The minimum atomic E-state index is 0.505. The van der Waals surface area contributed by atoms with E-state index >= 15 is 0 Å². The normalized spacial score (nSPS) is 21.0. The molecule has 1 fully saturated rings. The first-order valence-electron chi connectivity index (χ1n) is 6.76. The van der Waals surface area contributed by atoms with Crippen LogP contribution in [0.1, 0.15) is 64.7 Å². The number of unbranched alkanes of at least 4 members (excludes halogenated alkanes) is 7. The van der Waals surface area contributed by atoms with Crippen molar-refractivity contribution in [2.75, 3.05) is 13.3 Å². The van der Waals surface area contributed by atoms with Gasteiger partial charge in [0.05, 0.1) is 12.8 Å². The number of ether oxygens (including phenoxy) is 1. The second-order valence-electron chi connectivity index (χ2n) is 4.65. The summed E-state index contributed by atoms with van der Waals surface area (Å²) in [5, 5.41) is 3.23. The highest BCUT2D eigenvalue weighted by Crippen LogP contribution is 2.12. The summed E-state index contributed by atoms with van der Waals surface area (Å²) in [6.07, 6.45) is 13.0. The Bertz CT molecular complexity index is 132. The zero-order chi connectivity index (χ0) is 10.8. The monoisotopic (exact) mass is 213 g/mol. The third-order valence-electron chi connectivity index (χ3n) is 3.17. The Morgan fingerprint density at radius 2 is 1.67 bits per heavy atom. The van der Waals surface area contributed by atoms with Gasteiger partial charge in [0, 0.05) is 6.54 Å². The van der Waals surface area contributed by atoms with Gasteiger partial charge in [0.25, 0.3) is 0 Å². The lowest BCUT2D eigenvalue weighted by molar-refractivity contribution is 0.104. The Balaban J connectivity index is 1.73. The highest BCUT2D eigenvalue weighted by atomic mass is 16.5. The van der Waals surface area contributed by atoms with E-state index in [1.165, 1.54) is 57.8 Å². The maximum atomic E-state index is 5.50. The first kappa shape index (κ1) is 13.0. The van der Waals surface area contributed by atoms with Gasteiger partial charge in [-0.3, -0.25) is 5.32 Å². The summed E-state index contributed by atoms with van der Waals surface area (Å²) in [5.74, 6) is 0. The van der Waals surface area contributed by atoms with Gasteiger partial charge in [-0.05, 0) is 6.42 Å². The zero-order valence-electron chi connectivity index (χ0n) is 10.3. The van der Waals surface area contributed by atoms with Crippen LogP contribution >= 0.6 is 0 Å². The molecule has 90 valence electrons. The van der Waals surface area contributed by atoms with Crippen molar-refractivity contribution >= 4 is 0 Å². The average Bonchev–Trinajstić information content (AvgIpc) is 2.75. The Labute approximate surface area is 94.8 Å². The van der Waals surface area contributed by atoms with E-state index < -0.39 is 0 Å². The number of hydrogen-bond donors (Lipinski definition) is 1. The molecule has 1 aliphatic heterocycles. The van der Waals surface area contributed by atoms with Crippen LogP contribution in [0.15, 0.2) is 0 Å². The maximum absolute atomic E-state index is 5.50.